The fourth-order valence-electron chi connectivity index (χ4n) is 1.55. The minimum Gasteiger partial charge on any atom is -0.503 e. The third-order valence-corrected chi connectivity index (χ3v) is 4.64. The van der Waals surface area contributed by atoms with Gasteiger partial charge in [-0.1, -0.05) is 0 Å². The van der Waals surface area contributed by atoms with Crippen LogP contribution >= 0.6 is 44.3 Å². The Labute approximate surface area is 140 Å². The molecule has 1 aromatic rings. The number of ether oxygens (including phenoxy) is 2. The molecule has 114 valence electrons. The Morgan fingerprint density at radius 3 is 2.55 bits per heavy atom. The van der Waals surface area contributed by atoms with Crippen molar-refractivity contribution in [2.24, 2.45) is 5.73 Å². The highest BCUT2D eigenvalue weighted by Crippen LogP contribution is 2.43. The van der Waals surface area contributed by atoms with Crippen LogP contribution in [0.1, 0.15) is 24.9 Å². The van der Waals surface area contributed by atoms with Crippen LogP contribution in [0.15, 0.2) is 15.0 Å². The van der Waals surface area contributed by atoms with Gasteiger partial charge in [-0.05, 0) is 50.4 Å². The number of methoxy groups -OCH3 is 1. The van der Waals surface area contributed by atoms with Crippen LogP contribution in [0.5, 0.6) is 11.5 Å². The predicted octanol–water partition coefficient (Wildman–Crippen LogP) is 3.30. The maximum Gasteiger partial charge on any atom is 0.307 e. The second kappa shape index (κ2) is 8.71. The first kappa shape index (κ1) is 19.5. The van der Waals surface area contributed by atoms with Crippen molar-refractivity contribution in [3.05, 3.63) is 20.6 Å². The molecule has 0 saturated heterocycles. The van der Waals surface area contributed by atoms with E-state index in [0.717, 1.165) is 0 Å². The number of phenolic OH excluding ortho intramolecular Hbond substituents is 1. The normalized spacial score (nSPS) is 11.4. The summed E-state index contributed by atoms with van der Waals surface area (Å²) in [6.07, 6.45) is 0.0484. The summed E-state index contributed by atoms with van der Waals surface area (Å²) in [5.41, 5.74) is 6.63. The van der Waals surface area contributed by atoms with Gasteiger partial charge in [0.15, 0.2) is 11.5 Å². The fourth-order valence-corrected chi connectivity index (χ4v) is 2.57. The molecule has 0 heterocycles. The monoisotopic (exact) mass is 431 g/mol. The van der Waals surface area contributed by atoms with Crippen LogP contribution < -0.4 is 10.5 Å². The Morgan fingerprint density at radius 1 is 1.45 bits per heavy atom. The number of carbonyl (C=O) groups is 1. The van der Waals surface area contributed by atoms with Gasteiger partial charge in [0.1, 0.15) is 0 Å². The number of rotatable bonds is 5. The van der Waals surface area contributed by atoms with E-state index in [9.17, 15) is 9.90 Å². The number of hydrogen-bond acceptors (Lipinski definition) is 5. The van der Waals surface area contributed by atoms with Gasteiger partial charge in [-0.2, -0.15) is 0 Å². The summed E-state index contributed by atoms with van der Waals surface area (Å²) < 4.78 is 10.9. The summed E-state index contributed by atoms with van der Waals surface area (Å²) in [4.78, 5) is 11.4. The molecule has 0 aromatic heterocycles. The molecule has 1 rings (SSSR count). The molecule has 8 heteroatoms. The first-order valence-electron chi connectivity index (χ1n) is 5.58. The average molecular weight is 434 g/mol. The molecule has 0 aliphatic heterocycles. The van der Waals surface area contributed by atoms with Crippen molar-refractivity contribution in [2.75, 3.05) is 13.7 Å². The van der Waals surface area contributed by atoms with Crippen molar-refractivity contribution in [1.82, 2.24) is 0 Å². The summed E-state index contributed by atoms with van der Waals surface area (Å²) in [6.45, 7) is 2.05. The highest BCUT2D eigenvalue weighted by Gasteiger charge is 2.21. The zero-order chi connectivity index (χ0) is 14.6. The molecule has 0 fully saturated rings. The van der Waals surface area contributed by atoms with E-state index in [2.05, 4.69) is 31.9 Å². The molecular formula is C12H16Br2ClNO4. The van der Waals surface area contributed by atoms with Gasteiger partial charge < -0.3 is 20.3 Å². The number of phenols is 1. The van der Waals surface area contributed by atoms with Crippen LogP contribution in [-0.4, -0.2) is 24.8 Å². The van der Waals surface area contributed by atoms with Crippen molar-refractivity contribution in [3.63, 3.8) is 0 Å². The minimum absolute atomic E-state index is 0. The number of nitrogens with two attached hydrogens (primary N) is 1. The number of benzene rings is 1. The zero-order valence-electron chi connectivity index (χ0n) is 11.0. The quantitative estimate of drug-likeness (QED) is 0.697. The topological polar surface area (TPSA) is 81.8 Å². The lowest BCUT2D eigenvalue weighted by atomic mass is 10.0. The molecule has 3 N–H and O–H groups in total. The van der Waals surface area contributed by atoms with Crippen molar-refractivity contribution >= 4 is 50.2 Å². The van der Waals surface area contributed by atoms with Crippen LogP contribution in [0.4, 0.5) is 0 Å². The second-order valence-corrected chi connectivity index (χ2v) is 5.35. The molecule has 0 saturated carbocycles. The Kier molecular flexibility index (Phi) is 8.50. The van der Waals surface area contributed by atoms with E-state index in [0.29, 0.717) is 21.1 Å². The van der Waals surface area contributed by atoms with E-state index in [1.807, 2.05) is 0 Å². The highest BCUT2D eigenvalue weighted by molar-refractivity contribution is 9.13. The molecule has 0 aliphatic carbocycles. The van der Waals surface area contributed by atoms with Crippen LogP contribution in [0.25, 0.3) is 0 Å². The molecule has 0 amide bonds. The molecule has 1 aromatic carbocycles. The van der Waals surface area contributed by atoms with Gasteiger partial charge in [0.05, 0.1) is 24.6 Å². The van der Waals surface area contributed by atoms with Crippen molar-refractivity contribution in [3.8, 4) is 11.5 Å². The average Bonchev–Trinajstić information content (AvgIpc) is 2.36. The fraction of sp³-hybridized carbons (Fsp3) is 0.417. The number of aromatic hydroxyl groups is 1. The molecule has 0 radical (unpaired) electrons. The van der Waals surface area contributed by atoms with E-state index in [-0.39, 0.29) is 36.3 Å². The second-order valence-electron chi connectivity index (χ2n) is 3.76. The van der Waals surface area contributed by atoms with E-state index in [1.54, 1.807) is 13.0 Å². The Balaban J connectivity index is 0.00000361. The molecule has 0 spiro atoms. The molecule has 20 heavy (non-hydrogen) atoms. The van der Waals surface area contributed by atoms with Gasteiger partial charge in [0.2, 0.25) is 0 Å². The standard InChI is InChI=1S/C12H15Br2NO4.ClH/c1-3-19-9(16)5-7(15)6-4-8(18-2)12(17)11(14)10(6)13;/h4,7,17H,3,5,15H2,1-2H3;1H/t7-;/m0./s1. The molecule has 0 unspecified atom stereocenters. The molecular weight excluding hydrogens is 417 g/mol. The van der Waals surface area contributed by atoms with Crippen LogP contribution in [-0.2, 0) is 9.53 Å². The maximum atomic E-state index is 11.4. The van der Waals surface area contributed by atoms with E-state index in [4.69, 9.17) is 15.2 Å². The van der Waals surface area contributed by atoms with Crippen LogP contribution in [0, 0.1) is 0 Å². The largest absolute Gasteiger partial charge is 0.503 e. The van der Waals surface area contributed by atoms with E-state index < -0.39 is 6.04 Å². The number of carbonyl (C=O) groups excluding carboxylic acids is 1. The molecule has 0 aliphatic rings. The Morgan fingerprint density at radius 2 is 2.05 bits per heavy atom. The van der Waals surface area contributed by atoms with E-state index >= 15 is 0 Å². The zero-order valence-corrected chi connectivity index (χ0v) is 15.0. The van der Waals surface area contributed by atoms with Crippen molar-refractivity contribution < 1.29 is 19.4 Å². The first-order valence-corrected chi connectivity index (χ1v) is 7.17. The minimum atomic E-state index is -0.556. The summed E-state index contributed by atoms with van der Waals surface area (Å²) in [5.74, 6) is -0.115. The van der Waals surface area contributed by atoms with Crippen LogP contribution in [0.2, 0.25) is 0 Å². The lowest BCUT2D eigenvalue weighted by Crippen LogP contribution is -2.18. The highest BCUT2D eigenvalue weighted by atomic mass is 79.9. The number of esters is 1. The van der Waals surface area contributed by atoms with Gasteiger partial charge in [0, 0.05) is 10.5 Å². The molecule has 0 bridgehead atoms. The summed E-state index contributed by atoms with van der Waals surface area (Å²) in [6, 6.07) is 1.04. The van der Waals surface area contributed by atoms with E-state index in [1.165, 1.54) is 7.11 Å². The van der Waals surface area contributed by atoms with Crippen molar-refractivity contribution in [1.29, 1.82) is 0 Å². The smallest absolute Gasteiger partial charge is 0.307 e. The lowest BCUT2D eigenvalue weighted by molar-refractivity contribution is -0.143. The van der Waals surface area contributed by atoms with Gasteiger partial charge in [-0.25, -0.2) is 0 Å². The van der Waals surface area contributed by atoms with Crippen LogP contribution in [0.3, 0.4) is 0 Å². The SMILES string of the molecule is CCOC(=O)C[C@H](N)c1cc(OC)c(O)c(Br)c1Br.Cl. The van der Waals surface area contributed by atoms with Gasteiger partial charge >= 0.3 is 5.97 Å². The number of hydrogen-bond donors (Lipinski definition) is 2. The molecule has 1 atom stereocenters. The maximum absolute atomic E-state index is 11.4. The Bertz CT molecular complexity index is 485. The third kappa shape index (κ3) is 4.51. The first-order chi connectivity index (χ1) is 8.92. The third-order valence-electron chi connectivity index (χ3n) is 2.49. The van der Waals surface area contributed by atoms with Gasteiger partial charge in [0.25, 0.3) is 0 Å². The molecule has 5 nitrogen and oxygen atoms in total. The lowest BCUT2D eigenvalue weighted by Gasteiger charge is -2.17. The Hall–Kier alpha value is -0.500. The predicted molar refractivity (Wildman–Crippen MR) is 85.5 cm³/mol. The summed E-state index contributed by atoms with van der Waals surface area (Å²) in [5, 5.41) is 9.82. The summed E-state index contributed by atoms with van der Waals surface area (Å²) >= 11 is 6.57. The number of halogens is 3. The summed E-state index contributed by atoms with van der Waals surface area (Å²) in [7, 11) is 1.44. The van der Waals surface area contributed by atoms with Gasteiger partial charge in [-0.15, -0.1) is 12.4 Å². The van der Waals surface area contributed by atoms with Gasteiger partial charge in [-0.3, -0.25) is 4.79 Å². The van der Waals surface area contributed by atoms with Crippen molar-refractivity contribution in [2.45, 2.75) is 19.4 Å².